The molecule has 1 aliphatic heterocycles. The Kier molecular flexibility index (Phi) is 11.4. The van der Waals surface area contributed by atoms with Gasteiger partial charge in [0.15, 0.2) is 0 Å². The van der Waals surface area contributed by atoms with Gasteiger partial charge in [0.25, 0.3) is 0 Å². The Morgan fingerprint density at radius 1 is 0.812 bits per heavy atom. The second-order valence-corrected chi connectivity index (χ2v) is 11.5. The fourth-order valence-electron chi connectivity index (χ4n) is 5.34. The van der Waals surface area contributed by atoms with Crippen LogP contribution in [0.1, 0.15) is 116 Å². The first kappa shape index (κ1) is 27.0. The number of hydrogen-bond acceptors (Lipinski definition) is 3. The molecule has 1 N–H and O–H groups in total. The lowest BCUT2D eigenvalue weighted by molar-refractivity contribution is 0.373. The lowest BCUT2D eigenvalue weighted by Gasteiger charge is -2.18. The van der Waals surface area contributed by atoms with Crippen LogP contribution in [-0.2, 0) is 12.8 Å². The molecule has 2 unspecified atom stereocenters. The summed E-state index contributed by atoms with van der Waals surface area (Å²) in [5, 5.41) is 10.6. The number of likely N-dealkylation sites (N-methyl/N-ethyl adjacent to an activating group) is 1. The van der Waals surface area contributed by atoms with Crippen LogP contribution in [-0.4, -0.2) is 23.7 Å². The van der Waals surface area contributed by atoms with E-state index in [9.17, 15) is 5.11 Å². The van der Waals surface area contributed by atoms with Gasteiger partial charge in [-0.15, -0.1) is 0 Å². The number of aromatic nitrogens is 1. The minimum Gasteiger partial charge on any atom is -0.506 e. The van der Waals surface area contributed by atoms with Gasteiger partial charge in [0.2, 0.25) is 0 Å². The van der Waals surface area contributed by atoms with Crippen LogP contribution in [0.4, 0.5) is 5.82 Å². The van der Waals surface area contributed by atoms with Crippen molar-refractivity contribution >= 4 is 5.82 Å². The summed E-state index contributed by atoms with van der Waals surface area (Å²) >= 11 is 0. The molecule has 2 rings (SSSR count). The van der Waals surface area contributed by atoms with Crippen LogP contribution in [0.3, 0.4) is 0 Å². The highest BCUT2D eigenvalue weighted by Gasteiger charge is 2.24. The van der Waals surface area contributed by atoms with E-state index in [0.717, 1.165) is 55.1 Å². The summed E-state index contributed by atoms with van der Waals surface area (Å²) in [7, 11) is 2.11. The van der Waals surface area contributed by atoms with Crippen LogP contribution in [0, 0.1) is 30.6 Å². The second kappa shape index (κ2) is 13.5. The standard InChI is InChI=1S/C29H52N2O/c1-21(2)11-8-12-22(3)13-9-14-23(4)15-10-16-24(5)17-18-26-27-19-20-31(7)29(27)30-25(6)28(26)32/h21-24,32H,8-20H2,1-7H3/t22?,23-,24?/m1/s1. The maximum atomic E-state index is 10.6. The number of rotatable bonds is 15. The third kappa shape index (κ3) is 8.60. The highest BCUT2D eigenvalue weighted by Crippen LogP contribution is 2.36. The van der Waals surface area contributed by atoms with Crippen molar-refractivity contribution in [2.75, 3.05) is 18.5 Å². The first-order valence-corrected chi connectivity index (χ1v) is 13.6. The molecule has 1 aliphatic rings. The Bertz CT molecular complexity index is 684. The van der Waals surface area contributed by atoms with Crippen molar-refractivity contribution in [2.24, 2.45) is 23.7 Å². The summed E-state index contributed by atoms with van der Waals surface area (Å²) in [6.07, 6.45) is 15.6. The molecule has 0 bridgehead atoms. The van der Waals surface area contributed by atoms with Gasteiger partial charge in [-0.3, -0.25) is 0 Å². The van der Waals surface area contributed by atoms with Gasteiger partial charge >= 0.3 is 0 Å². The number of pyridine rings is 1. The topological polar surface area (TPSA) is 36.4 Å². The predicted molar refractivity (Wildman–Crippen MR) is 140 cm³/mol. The Hall–Kier alpha value is -1.25. The van der Waals surface area contributed by atoms with E-state index in [1.165, 1.54) is 68.9 Å². The molecule has 0 radical (unpaired) electrons. The Morgan fingerprint density at radius 3 is 1.84 bits per heavy atom. The van der Waals surface area contributed by atoms with Gasteiger partial charge in [0, 0.05) is 24.7 Å². The van der Waals surface area contributed by atoms with Gasteiger partial charge in [-0.05, 0) is 49.9 Å². The highest BCUT2D eigenvalue weighted by molar-refractivity contribution is 5.60. The maximum Gasteiger partial charge on any atom is 0.140 e. The normalized spacial score (nSPS) is 16.4. The van der Waals surface area contributed by atoms with Gasteiger partial charge in [0.1, 0.15) is 11.6 Å². The van der Waals surface area contributed by atoms with E-state index in [-0.39, 0.29) is 0 Å². The number of fused-ring (bicyclic) bond motifs is 1. The fourth-order valence-corrected chi connectivity index (χ4v) is 5.34. The highest BCUT2D eigenvalue weighted by atomic mass is 16.3. The van der Waals surface area contributed by atoms with Gasteiger partial charge in [-0.25, -0.2) is 4.98 Å². The van der Waals surface area contributed by atoms with E-state index >= 15 is 0 Å². The van der Waals surface area contributed by atoms with Gasteiger partial charge in [-0.2, -0.15) is 0 Å². The molecule has 3 nitrogen and oxygen atoms in total. The van der Waals surface area contributed by atoms with Crippen LogP contribution in [0.25, 0.3) is 0 Å². The second-order valence-electron chi connectivity index (χ2n) is 11.5. The summed E-state index contributed by atoms with van der Waals surface area (Å²) in [6, 6.07) is 0. The first-order chi connectivity index (χ1) is 15.2. The van der Waals surface area contributed by atoms with Crippen LogP contribution in [0.5, 0.6) is 5.75 Å². The fraction of sp³-hybridized carbons (Fsp3) is 0.828. The number of hydrogen-bond donors (Lipinski definition) is 1. The summed E-state index contributed by atoms with van der Waals surface area (Å²) < 4.78 is 0. The van der Waals surface area contributed by atoms with Crippen molar-refractivity contribution in [1.82, 2.24) is 4.98 Å². The molecular weight excluding hydrogens is 392 g/mol. The molecule has 1 aromatic rings. The Labute approximate surface area is 199 Å². The molecule has 0 spiro atoms. The molecule has 0 saturated heterocycles. The minimum absolute atomic E-state index is 0.443. The van der Waals surface area contributed by atoms with E-state index in [4.69, 9.17) is 0 Å². The van der Waals surface area contributed by atoms with E-state index in [2.05, 4.69) is 51.6 Å². The zero-order chi connectivity index (χ0) is 23.7. The molecule has 1 aromatic heterocycles. The largest absolute Gasteiger partial charge is 0.506 e. The molecular formula is C29H52N2O. The number of nitrogens with zero attached hydrogens (tertiary/aromatic N) is 2. The summed E-state index contributed by atoms with van der Waals surface area (Å²) in [5.74, 6) is 4.85. The van der Waals surface area contributed by atoms with Crippen molar-refractivity contribution in [1.29, 1.82) is 0 Å². The van der Waals surface area contributed by atoms with Gasteiger partial charge < -0.3 is 10.0 Å². The van der Waals surface area contributed by atoms with Crippen LogP contribution >= 0.6 is 0 Å². The van der Waals surface area contributed by atoms with E-state index < -0.39 is 0 Å². The van der Waals surface area contributed by atoms with Crippen LogP contribution < -0.4 is 4.90 Å². The minimum atomic E-state index is 0.443. The van der Waals surface area contributed by atoms with Crippen LogP contribution in [0.2, 0.25) is 0 Å². The third-order valence-corrected chi connectivity index (χ3v) is 7.75. The van der Waals surface area contributed by atoms with Crippen molar-refractivity contribution < 1.29 is 5.11 Å². The van der Waals surface area contributed by atoms with Crippen molar-refractivity contribution in [3.05, 3.63) is 16.8 Å². The average Bonchev–Trinajstić information content (AvgIpc) is 3.08. The Morgan fingerprint density at radius 2 is 1.31 bits per heavy atom. The lowest BCUT2D eigenvalue weighted by Crippen LogP contribution is -2.14. The van der Waals surface area contributed by atoms with E-state index in [1.807, 2.05) is 6.92 Å². The SMILES string of the molecule is Cc1nc2c(c(CCC(C)CCC[C@H](C)CCCC(C)CCCC(C)C)c1O)CCN2C. The van der Waals surface area contributed by atoms with Gasteiger partial charge in [-0.1, -0.05) is 92.4 Å². The summed E-state index contributed by atoms with van der Waals surface area (Å²) in [6.45, 7) is 14.9. The molecule has 0 aromatic carbocycles. The number of aromatic hydroxyl groups is 1. The Balaban J connectivity index is 1.63. The molecule has 2 heterocycles. The lowest BCUT2D eigenvalue weighted by atomic mass is 9.89. The molecule has 3 atom stereocenters. The number of anilines is 1. The molecule has 184 valence electrons. The summed E-state index contributed by atoms with van der Waals surface area (Å²) in [5.41, 5.74) is 3.23. The number of aryl methyl sites for hydroxylation is 1. The zero-order valence-electron chi connectivity index (χ0n) is 22.3. The first-order valence-electron chi connectivity index (χ1n) is 13.6. The van der Waals surface area contributed by atoms with Crippen molar-refractivity contribution in [2.45, 2.75) is 119 Å². The molecule has 0 amide bonds. The zero-order valence-corrected chi connectivity index (χ0v) is 22.3. The maximum absolute atomic E-state index is 10.6. The van der Waals surface area contributed by atoms with Crippen LogP contribution in [0.15, 0.2) is 0 Å². The van der Waals surface area contributed by atoms with Gasteiger partial charge in [0.05, 0.1) is 5.69 Å². The average molecular weight is 445 g/mol. The quantitative estimate of drug-likeness (QED) is 0.297. The smallest absolute Gasteiger partial charge is 0.140 e. The molecule has 32 heavy (non-hydrogen) atoms. The van der Waals surface area contributed by atoms with E-state index in [0.29, 0.717) is 11.7 Å². The monoisotopic (exact) mass is 444 g/mol. The predicted octanol–water partition coefficient (Wildman–Crippen LogP) is 8.10. The summed E-state index contributed by atoms with van der Waals surface area (Å²) in [4.78, 5) is 6.85. The molecule has 0 fully saturated rings. The van der Waals surface area contributed by atoms with Crippen molar-refractivity contribution in [3.8, 4) is 5.75 Å². The molecule has 3 heteroatoms. The van der Waals surface area contributed by atoms with Crippen molar-refractivity contribution in [3.63, 3.8) is 0 Å². The molecule has 0 saturated carbocycles. The third-order valence-electron chi connectivity index (χ3n) is 7.75. The van der Waals surface area contributed by atoms with E-state index in [1.54, 1.807) is 0 Å². The molecule has 0 aliphatic carbocycles.